The molecule has 0 saturated heterocycles. The number of aromatic nitrogens is 2. The van der Waals surface area contributed by atoms with Crippen LogP contribution in [0, 0.1) is 43.4 Å². The van der Waals surface area contributed by atoms with E-state index in [0.717, 1.165) is 5.56 Å². The number of benzene rings is 2. The number of fused-ring (bicyclic) bond motifs is 2. The molecule has 9 atom stereocenters. The fourth-order valence-corrected chi connectivity index (χ4v) is 8.20. The van der Waals surface area contributed by atoms with E-state index in [0.29, 0.717) is 16.7 Å². The van der Waals surface area contributed by atoms with Crippen molar-refractivity contribution in [2.75, 3.05) is 12.4 Å². The topological polar surface area (TPSA) is 178 Å². The van der Waals surface area contributed by atoms with Gasteiger partial charge in [-0.05, 0) is 62.3 Å². The number of phenolic OH excluding ortho intramolecular Hbond substituents is 2. The number of methoxy groups -OCH3 is 1. The number of imidazole rings is 1. The second-order valence-electron chi connectivity index (χ2n) is 16.0. The maximum atomic E-state index is 14.6. The van der Waals surface area contributed by atoms with Gasteiger partial charge in [-0.15, -0.1) is 0 Å². The lowest BCUT2D eigenvalue weighted by Crippen LogP contribution is -2.45. The van der Waals surface area contributed by atoms with E-state index in [2.05, 4.69) is 5.32 Å². The zero-order chi connectivity index (χ0) is 41.8. The number of aliphatic hydroxyl groups excluding tert-OH is 1. The van der Waals surface area contributed by atoms with Crippen LogP contribution >= 0.6 is 0 Å². The first kappa shape index (κ1) is 41.2. The van der Waals surface area contributed by atoms with Gasteiger partial charge in [0.15, 0.2) is 5.75 Å². The van der Waals surface area contributed by atoms with Gasteiger partial charge in [0, 0.05) is 55.5 Å². The van der Waals surface area contributed by atoms with E-state index in [1.807, 2.05) is 59.8 Å². The van der Waals surface area contributed by atoms with Gasteiger partial charge in [0.1, 0.15) is 40.0 Å². The van der Waals surface area contributed by atoms with Crippen LogP contribution in [0.2, 0.25) is 0 Å². The third-order valence-corrected chi connectivity index (χ3v) is 12.1. The number of ether oxygens (including phenoxy) is 4. The minimum absolute atomic E-state index is 0.00120. The van der Waals surface area contributed by atoms with Crippen molar-refractivity contribution in [3.05, 3.63) is 71.2 Å². The number of aryl methyl sites for hydroxylation is 1. The van der Waals surface area contributed by atoms with E-state index in [1.54, 1.807) is 42.7 Å². The molecule has 0 radical (unpaired) electrons. The number of carbonyl (C=O) groups is 3. The molecule has 2 aliphatic heterocycles. The molecule has 0 fully saturated rings. The van der Waals surface area contributed by atoms with E-state index in [9.17, 15) is 29.7 Å². The standard InChI is InChI=1S/C44H53N3O10/c1-20-15-17-47-30(19-20)45-34-31-32-38(50)27(8)41-33(31)42(52)44(10,57-41)55-18-16-29(54-11)25(6)40(56-28(9)48)26(7)37(49)24(5)23(4)21(2)13-12-14-22(3)43(53)46-35(36(34)47)39(32)51/h12-19,21,23-26,29,37,40,49-51H,1-11H3,(H,46,53)/t21-,23-,24+,25+,26+,29-,37+,40+,44-/m0/s1. The number of amides is 1. The molecule has 304 valence electrons. The van der Waals surface area contributed by atoms with Gasteiger partial charge in [0.2, 0.25) is 0 Å². The number of ketones is 1. The molecule has 0 aliphatic carbocycles. The number of nitrogens with one attached hydrogen (secondary N) is 1. The van der Waals surface area contributed by atoms with Crippen LogP contribution in [-0.2, 0) is 23.8 Å². The molecule has 1 amide bonds. The fourth-order valence-electron chi connectivity index (χ4n) is 8.20. The van der Waals surface area contributed by atoms with Crippen LogP contribution in [0.5, 0.6) is 17.2 Å². The number of nitrogens with zero attached hydrogens (tertiary/aromatic N) is 2. The lowest BCUT2D eigenvalue weighted by molar-refractivity contribution is -0.159. The van der Waals surface area contributed by atoms with Gasteiger partial charge < -0.3 is 39.6 Å². The van der Waals surface area contributed by atoms with Gasteiger partial charge in [-0.25, -0.2) is 4.98 Å². The number of Topliss-reactive ketones (excluding diaryl/α,β-unsaturated/α-hetero) is 1. The molecule has 57 heavy (non-hydrogen) atoms. The van der Waals surface area contributed by atoms with Crippen molar-refractivity contribution in [2.45, 2.75) is 93.3 Å². The number of rotatable bonds is 2. The number of aromatic hydroxyl groups is 2. The molecule has 0 spiro atoms. The first-order chi connectivity index (χ1) is 26.8. The van der Waals surface area contributed by atoms with Gasteiger partial charge in [-0.1, -0.05) is 52.8 Å². The molecular formula is C44H53N3O10. The number of carbonyl (C=O) groups excluding carboxylic acids is 3. The minimum atomic E-state index is -1.93. The lowest BCUT2D eigenvalue weighted by Gasteiger charge is -2.38. The minimum Gasteiger partial charge on any atom is -0.507 e. The van der Waals surface area contributed by atoms with Crippen molar-refractivity contribution in [3.8, 4) is 17.2 Å². The molecule has 2 aromatic heterocycles. The average molecular weight is 784 g/mol. The summed E-state index contributed by atoms with van der Waals surface area (Å²) in [5.74, 6) is -5.60. The Morgan fingerprint density at radius 1 is 0.982 bits per heavy atom. The van der Waals surface area contributed by atoms with Crippen LogP contribution in [0.15, 0.2) is 54.5 Å². The SMILES string of the molecule is CO[C@H]1C=CO[C@@]2(C)Oc3c(C)c(O)c4c(O)c(c5c(nc6cc(C)ccn65)c4c3C2=O)NC(=O)C(C)=CC=C[C@H](C)[C@H](C)[C@@H](C)[C@@H](O)[C@@H](C)[C@H](OC(C)=O)[C@@H]1C. The zero-order valence-corrected chi connectivity index (χ0v) is 34.3. The number of aliphatic hydroxyl groups is 1. The molecule has 2 aromatic carbocycles. The van der Waals surface area contributed by atoms with Gasteiger partial charge >= 0.3 is 11.8 Å². The summed E-state index contributed by atoms with van der Waals surface area (Å²) in [7, 11) is 1.50. The molecule has 4 heterocycles. The molecule has 2 aliphatic rings. The molecule has 0 unspecified atom stereocenters. The van der Waals surface area contributed by atoms with Crippen molar-refractivity contribution in [3.63, 3.8) is 0 Å². The Labute approximate surface area is 332 Å². The van der Waals surface area contributed by atoms with E-state index in [4.69, 9.17) is 23.9 Å². The van der Waals surface area contributed by atoms with Crippen molar-refractivity contribution in [2.24, 2.45) is 29.6 Å². The first-order valence-corrected chi connectivity index (χ1v) is 19.3. The monoisotopic (exact) mass is 783 g/mol. The number of allylic oxidation sites excluding steroid dienone is 3. The number of pyridine rings is 1. The predicted octanol–water partition coefficient (Wildman–Crippen LogP) is 7.43. The summed E-state index contributed by atoms with van der Waals surface area (Å²) in [5, 5.41) is 38.4. The highest BCUT2D eigenvalue weighted by atomic mass is 16.7. The van der Waals surface area contributed by atoms with Crippen LogP contribution in [-0.4, -0.2) is 73.6 Å². The van der Waals surface area contributed by atoms with E-state index < -0.39 is 59.3 Å². The van der Waals surface area contributed by atoms with Crippen LogP contribution in [0.3, 0.4) is 0 Å². The van der Waals surface area contributed by atoms with E-state index in [1.165, 1.54) is 27.2 Å². The smallest absolute Gasteiger partial charge is 0.312 e. The molecule has 0 saturated carbocycles. The summed E-state index contributed by atoms with van der Waals surface area (Å²) < 4.78 is 25.7. The molecule has 6 rings (SSSR count). The molecular weight excluding hydrogens is 730 g/mol. The second-order valence-corrected chi connectivity index (χ2v) is 16.0. The van der Waals surface area contributed by atoms with Crippen LogP contribution < -0.4 is 10.1 Å². The fraction of sp³-hybridized carbons (Fsp3) is 0.455. The number of hydrogen-bond donors (Lipinski definition) is 4. The Bertz CT molecular complexity index is 2380. The Hall–Kier alpha value is -5.40. The largest absolute Gasteiger partial charge is 0.507 e. The predicted molar refractivity (Wildman–Crippen MR) is 216 cm³/mol. The highest BCUT2D eigenvalue weighted by Gasteiger charge is 2.49. The van der Waals surface area contributed by atoms with Gasteiger partial charge in [0.05, 0.1) is 29.4 Å². The Morgan fingerprint density at radius 3 is 2.35 bits per heavy atom. The summed E-state index contributed by atoms with van der Waals surface area (Å²) in [6.07, 6.45) is 7.71. The Balaban J connectivity index is 1.58. The molecule has 4 N–H and O–H groups in total. The third kappa shape index (κ3) is 7.12. The molecule has 4 bridgehead atoms. The van der Waals surface area contributed by atoms with Crippen LogP contribution in [0.1, 0.15) is 76.9 Å². The maximum Gasteiger partial charge on any atom is 0.312 e. The number of anilines is 1. The molecule has 13 nitrogen and oxygen atoms in total. The van der Waals surface area contributed by atoms with Crippen molar-refractivity contribution < 1.29 is 48.7 Å². The first-order valence-electron chi connectivity index (χ1n) is 19.3. The second kappa shape index (κ2) is 15.5. The Kier molecular flexibility index (Phi) is 11.2. The quantitative estimate of drug-likeness (QED) is 0.117. The zero-order valence-electron chi connectivity index (χ0n) is 34.3. The summed E-state index contributed by atoms with van der Waals surface area (Å²) in [5.41, 5.74) is 2.45. The number of esters is 1. The number of phenols is 2. The van der Waals surface area contributed by atoms with Crippen molar-refractivity contribution in [1.82, 2.24) is 9.38 Å². The van der Waals surface area contributed by atoms with Crippen molar-refractivity contribution in [1.29, 1.82) is 0 Å². The summed E-state index contributed by atoms with van der Waals surface area (Å²) in [6, 6.07) is 3.68. The van der Waals surface area contributed by atoms with Crippen LogP contribution in [0.25, 0.3) is 27.5 Å². The van der Waals surface area contributed by atoms with E-state index >= 15 is 0 Å². The highest BCUT2D eigenvalue weighted by molar-refractivity contribution is 6.28. The summed E-state index contributed by atoms with van der Waals surface area (Å²) in [6.45, 7) is 17.6. The normalized spacial score (nSPS) is 28.8. The van der Waals surface area contributed by atoms with Gasteiger partial charge in [0.25, 0.3) is 11.7 Å². The van der Waals surface area contributed by atoms with Crippen LogP contribution in [0.4, 0.5) is 5.69 Å². The third-order valence-electron chi connectivity index (χ3n) is 12.1. The van der Waals surface area contributed by atoms with Crippen molar-refractivity contribution >= 4 is 50.8 Å². The maximum absolute atomic E-state index is 14.6. The Morgan fingerprint density at radius 2 is 1.68 bits per heavy atom. The summed E-state index contributed by atoms with van der Waals surface area (Å²) >= 11 is 0. The lowest BCUT2D eigenvalue weighted by atomic mass is 9.75. The van der Waals surface area contributed by atoms with Gasteiger partial charge in [-0.3, -0.25) is 18.8 Å². The average Bonchev–Trinajstić information content (AvgIpc) is 3.67. The number of hydrogen-bond acceptors (Lipinski definition) is 11. The van der Waals surface area contributed by atoms with Gasteiger partial charge in [-0.2, -0.15) is 0 Å². The molecule has 13 heteroatoms. The summed E-state index contributed by atoms with van der Waals surface area (Å²) in [4.78, 5) is 45.7. The van der Waals surface area contributed by atoms with E-state index in [-0.39, 0.29) is 62.4 Å². The highest BCUT2D eigenvalue weighted by Crippen LogP contribution is 2.54. The molecule has 4 aromatic rings.